The van der Waals surface area contributed by atoms with Crippen molar-refractivity contribution in [3.8, 4) is 23.6 Å². The summed E-state index contributed by atoms with van der Waals surface area (Å²) in [4.78, 5) is 0. The van der Waals surface area contributed by atoms with Crippen molar-refractivity contribution in [3.05, 3.63) is 29.3 Å². The molecule has 0 aliphatic carbocycles. The van der Waals surface area contributed by atoms with Crippen LogP contribution in [0.2, 0.25) is 0 Å². The van der Waals surface area contributed by atoms with Gasteiger partial charge < -0.3 is 9.47 Å². The minimum atomic E-state index is 0.0440. The predicted molar refractivity (Wildman–Crippen MR) is 56.6 cm³/mol. The van der Waals surface area contributed by atoms with E-state index in [4.69, 9.17) is 20.0 Å². The SMILES string of the molecule is N#CC(C#N)=Cc1cccc2c1OCCO2. The average Bonchev–Trinajstić information content (AvgIpc) is 2.36. The van der Waals surface area contributed by atoms with Crippen molar-refractivity contribution in [1.82, 2.24) is 0 Å². The van der Waals surface area contributed by atoms with Crippen LogP contribution in [0.4, 0.5) is 0 Å². The molecule has 0 saturated carbocycles. The van der Waals surface area contributed by atoms with E-state index < -0.39 is 0 Å². The van der Waals surface area contributed by atoms with Crippen molar-refractivity contribution < 1.29 is 9.47 Å². The maximum Gasteiger partial charge on any atom is 0.168 e. The Bertz CT molecular complexity index is 505. The number of nitriles is 2. The lowest BCUT2D eigenvalue weighted by molar-refractivity contribution is 0.171. The summed E-state index contributed by atoms with van der Waals surface area (Å²) in [7, 11) is 0. The number of hydrogen-bond acceptors (Lipinski definition) is 4. The highest BCUT2D eigenvalue weighted by Gasteiger charge is 2.14. The molecule has 0 unspecified atom stereocenters. The first-order valence-corrected chi connectivity index (χ1v) is 4.75. The van der Waals surface area contributed by atoms with Crippen LogP contribution in [-0.2, 0) is 0 Å². The van der Waals surface area contributed by atoms with Crippen LogP contribution >= 0.6 is 0 Å². The fraction of sp³-hybridized carbons (Fsp3) is 0.167. The fourth-order valence-electron chi connectivity index (χ4n) is 1.45. The first kappa shape index (κ1) is 10.1. The topological polar surface area (TPSA) is 66.0 Å². The van der Waals surface area contributed by atoms with Gasteiger partial charge in [-0.3, -0.25) is 0 Å². The van der Waals surface area contributed by atoms with Gasteiger partial charge in [-0.05, 0) is 12.1 Å². The molecule has 1 aromatic rings. The van der Waals surface area contributed by atoms with E-state index in [0.717, 1.165) is 0 Å². The Labute approximate surface area is 92.9 Å². The maximum absolute atomic E-state index is 8.68. The molecule has 1 aliphatic heterocycles. The quantitative estimate of drug-likeness (QED) is 0.666. The largest absolute Gasteiger partial charge is 0.486 e. The molecule has 1 aliphatic rings. The van der Waals surface area contributed by atoms with Gasteiger partial charge >= 0.3 is 0 Å². The molecule has 0 spiro atoms. The normalized spacial score (nSPS) is 12.1. The zero-order valence-corrected chi connectivity index (χ0v) is 8.43. The molecule has 0 aromatic heterocycles. The zero-order chi connectivity index (χ0) is 11.4. The minimum absolute atomic E-state index is 0.0440. The number of allylic oxidation sites excluding steroid dienone is 1. The van der Waals surface area contributed by atoms with Crippen LogP contribution in [0.25, 0.3) is 6.08 Å². The molecule has 0 bridgehead atoms. The van der Waals surface area contributed by atoms with Crippen LogP contribution in [0.15, 0.2) is 23.8 Å². The third-order valence-corrected chi connectivity index (χ3v) is 2.14. The lowest BCUT2D eigenvalue weighted by Crippen LogP contribution is -2.15. The van der Waals surface area contributed by atoms with Gasteiger partial charge in [0.2, 0.25) is 0 Å². The second-order valence-corrected chi connectivity index (χ2v) is 3.15. The van der Waals surface area contributed by atoms with Crippen LogP contribution in [0.1, 0.15) is 5.56 Å². The molecule has 16 heavy (non-hydrogen) atoms. The van der Waals surface area contributed by atoms with Gasteiger partial charge in [-0.1, -0.05) is 12.1 Å². The maximum atomic E-state index is 8.68. The van der Waals surface area contributed by atoms with Crippen LogP contribution in [0, 0.1) is 22.7 Å². The molecule has 0 amide bonds. The van der Waals surface area contributed by atoms with E-state index in [1.165, 1.54) is 6.08 Å². The van der Waals surface area contributed by atoms with Gasteiger partial charge in [-0.15, -0.1) is 0 Å². The summed E-state index contributed by atoms with van der Waals surface area (Å²) in [5, 5.41) is 17.4. The summed E-state index contributed by atoms with van der Waals surface area (Å²) < 4.78 is 10.8. The smallest absolute Gasteiger partial charge is 0.168 e. The monoisotopic (exact) mass is 212 g/mol. The van der Waals surface area contributed by atoms with Gasteiger partial charge in [0.05, 0.1) is 0 Å². The zero-order valence-electron chi connectivity index (χ0n) is 8.43. The molecule has 0 fully saturated rings. The molecule has 0 N–H and O–H groups in total. The highest BCUT2D eigenvalue weighted by molar-refractivity contribution is 5.69. The number of nitrogens with zero attached hydrogens (tertiary/aromatic N) is 2. The molecule has 1 aromatic carbocycles. The summed E-state index contributed by atoms with van der Waals surface area (Å²) in [6.07, 6.45) is 1.49. The number of para-hydroxylation sites is 1. The Morgan fingerprint density at radius 2 is 1.94 bits per heavy atom. The molecular weight excluding hydrogens is 204 g/mol. The van der Waals surface area contributed by atoms with Crippen LogP contribution in [0.5, 0.6) is 11.5 Å². The molecule has 4 heteroatoms. The van der Waals surface area contributed by atoms with E-state index >= 15 is 0 Å². The third-order valence-electron chi connectivity index (χ3n) is 2.14. The number of rotatable bonds is 1. The summed E-state index contributed by atoms with van der Waals surface area (Å²) in [5.41, 5.74) is 0.734. The second-order valence-electron chi connectivity index (χ2n) is 3.15. The van der Waals surface area contributed by atoms with E-state index in [-0.39, 0.29) is 5.57 Å². The van der Waals surface area contributed by atoms with E-state index in [0.29, 0.717) is 30.3 Å². The molecule has 4 nitrogen and oxygen atoms in total. The summed E-state index contributed by atoms with van der Waals surface area (Å²) >= 11 is 0. The van der Waals surface area contributed by atoms with Crippen molar-refractivity contribution in [2.75, 3.05) is 13.2 Å². The van der Waals surface area contributed by atoms with E-state index in [1.54, 1.807) is 18.2 Å². The Kier molecular flexibility index (Phi) is 2.75. The van der Waals surface area contributed by atoms with Crippen molar-refractivity contribution in [2.24, 2.45) is 0 Å². The standard InChI is InChI=1S/C12H8N2O2/c13-7-9(8-14)6-10-2-1-3-11-12(10)16-5-4-15-11/h1-3,6H,4-5H2. The highest BCUT2D eigenvalue weighted by Crippen LogP contribution is 2.34. The molecular formula is C12H8N2O2. The van der Waals surface area contributed by atoms with Gasteiger partial charge in [-0.2, -0.15) is 10.5 Å². The van der Waals surface area contributed by atoms with E-state index in [9.17, 15) is 0 Å². The summed E-state index contributed by atoms with van der Waals surface area (Å²) in [5.74, 6) is 1.24. The van der Waals surface area contributed by atoms with Gasteiger partial charge in [0.1, 0.15) is 30.9 Å². The lowest BCUT2D eigenvalue weighted by atomic mass is 10.1. The van der Waals surface area contributed by atoms with Gasteiger partial charge in [0, 0.05) is 5.56 Å². The van der Waals surface area contributed by atoms with Crippen LogP contribution in [0.3, 0.4) is 0 Å². The van der Waals surface area contributed by atoms with E-state index in [1.807, 2.05) is 12.1 Å². The van der Waals surface area contributed by atoms with Crippen molar-refractivity contribution >= 4 is 6.08 Å². The Balaban J connectivity index is 2.47. The summed E-state index contributed by atoms with van der Waals surface area (Å²) in [6.45, 7) is 0.996. The minimum Gasteiger partial charge on any atom is -0.486 e. The highest BCUT2D eigenvalue weighted by atomic mass is 16.6. The molecule has 1 heterocycles. The first-order valence-electron chi connectivity index (χ1n) is 4.75. The number of hydrogen-bond donors (Lipinski definition) is 0. The van der Waals surface area contributed by atoms with Gasteiger partial charge in [-0.25, -0.2) is 0 Å². The Morgan fingerprint density at radius 1 is 1.19 bits per heavy atom. The van der Waals surface area contributed by atoms with Gasteiger partial charge in [0.25, 0.3) is 0 Å². The summed E-state index contributed by atoms with van der Waals surface area (Å²) in [6, 6.07) is 8.99. The number of benzene rings is 1. The first-order chi connectivity index (χ1) is 7.85. The molecule has 78 valence electrons. The Morgan fingerprint density at radius 3 is 2.69 bits per heavy atom. The van der Waals surface area contributed by atoms with Crippen molar-refractivity contribution in [2.45, 2.75) is 0 Å². The second kappa shape index (κ2) is 4.37. The van der Waals surface area contributed by atoms with Crippen molar-refractivity contribution in [1.29, 1.82) is 10.5 Å². The average molecular weight is 212 g/mol. The Hall–Kier alpha value is -2.46. The van der Waals surface area contributed by atoms with E-state index in [2.05, 4.69) is 0 Å². The molecule has 0 saturated heterocycles. The number of ether oxygens (including phenoxy) is 2. The van der Waals surface area contributed by atoms with Crippen LogP contribution in [-0.4, -0.2) is 13.2 Å². The number of fused-ring (bicyclic) bond motifs is 1. The lowest BCUT2D eigenvalue weighted by Gasteiger charge is -2.19. The predicted octanol–water partition coefficient (Wildman–Crippen LogP) is 1.89. The fourth-order valence-corrected chi connectivity index (χ4v) is 1.45. The molecule has 2 rings (SSSR count). The van der Waals surface area contributed by atoms with Crippen molar-refractivity contribution in [3.63, 3.8) is 0 Å². The van der Waals surface area contributed by atoms with Gasteiger partial charge in [0.15, 0.2) is 11.5 Å². The van der Waals surface area contributed by atoms with Crippen LogP contribution < -0.4 is 9.47 Å². The third kappa shape index (κ3) is 1.82. The molecule has 0 atom stereocenters. The molecule has 0 radical (unpaired) electrons.